The summed E-state index contributed by atoms with van der Waals surface area (Å²) < 4.78 is 71.3. The van der Waals surface area contributed by atoms with Crippen LogP contribution in [-0.2, 0) is 0 Å². The van der Waals surface area contributed by atoms with Crippen molar-refractivity contribution in [3.63, 3.8) is 0 Å². The van der Waals surface area contributed by atoms with E-state index in [9.17, 15) is 5.11 Å². The van der Waals surface area contributed by atoms with Crippen molar-refractivity contribution in [2.24, 2.45) is 0 Å². The lowest BCUT2D eigenvalue weighted by atomic mass is 10.0. The van der Waals surface area contributed by atoms with E-state index in [2.05, 4.69) is 0 Å². The summed E-state index contributed by atoms with van der Waals surface area (Å²) in [4.78, 5) is 0. The maximum absolute atomic E-state index is 9.80. The number of rotatable bonds is 0. The molecule has 1 N–H and O–H groups in total. The molecule has 0 fully saturated rings. The fourth-order valence-electron chi connectivity index (χ4n) is 1.40. The first kappa shape index (κ1) is 3.24. The molecule has 0 saturated carbocycles. The van der Waals surface area contributed by atoms with Crippen molar-refractivity contribution in [2.45, 2.75) is 0 Å². The zero-order valence-corrected chi connectivity index (χ0v) is 7.45. The first-order chi connectivity index (χ1) is 11.1. The van der Waals surface area contributed by atoms with Gasteiger partial charge in [0.05, 0.1) is 12.3 Å². The third-order valence-electron chi connectivity index (χ3n) is 2.05. The van der Waals surface area contributed by atoms with Crippen molar-refractivity contribution >= 4 is 21.5 Å². The maximum Gasteiger partial charge on any atom is 0.116 e. The summed E-state index contributed by atoms with van der Waals surface area (Å²) in [5.74, 6) is -0.805. The molecule has 0 radical (unpaired) electrons. The van der Waals surface area contributed by atoms with Crippen LogP contribution in [0.15, 0.2) is 54.4 Å². The van der Waals surface area contributed by atoms with E-state index in [0.29, 0.717) is 0 Å². The number of fused-ring (bicyclic) bond motifs is 3. The van der Waals surface area contributed by atoms with Crippen molar-refractivity contribution in [2.75, 3.05) is 0 Å². The zero-order valence-electron chi connectivity index (χ0n) is 16.4. The van der Waals surface area contributed by atoms with Gasteiger partial charge in [0.1, 0.15) is 5.75 Å². The van der Waals surface area contributed by atoms with E-state index < -0.39 is 60.1 Å². The largest absolute Gasteiger partial charge is 0.508 e. The van der Waals surface area contributed by atoms with E-state index in [1.807, 2.05) is 0 Å². The van der Waals surface area contributed by atoms with Gasteiger partial charge in [-0.25, -0.2) is 0 Å². The molecule has 0 saturated heterocycles. The number of benzene rings is 3. The van der Waals surface area contributed by atoms with Gasteiger partial charge in [0.2, 0.25) is 0 Å². The Kier molecular flexibility index (Phi) is 0.646. The Labute approximate surface area is 100 Å². The summed E-state index contributed by atoms with van der Waals surface area (Å²) in [7, 11) is 0. The highest BCUT2D eigenvalue weighted by atomic mass is 16.3. The minimum absolute atomic E-state index is 0.191. The van der Waals surface area contributed by atoms with Crippen LogP contribution in [0, 0.1) is 0 Å². The predicted molar refractivity (Wildman–Crippen MR) is 63.1 cm³/mol. The minimum atomic E-state index is -0.805. The summed E-state index contributed by atoms with van der Waals surface area (Å²) in [6.07, 6.45) is 0. The van der Waals surface area contributed by atoms with Gasteiger partial charge in [-0.1, -0.05) is 42.3 Å². The monoisotopic (exact) mass is 203 g/mol. The molecule has 0 spiro atoms. The van der Waals surface area contributed by atoms with Gasteiger partial charge in [-0.05, 0) is 33.6 Å². The molecule has 15 heavy (non-hydrogen) atoms. The van der Waals surface area contributed by atoms with Gasteiger partial charge in [-0.15, -0.1) is 0 Å². The second-order valence-electron chi connectivity index (χ2n) is 2.97. The molecule has 0 aliphatic carbocycles. The highest BCUT2D eigenvalue weighted by Gasteiger charge is 1.99. The van der Waals surface area contributed by atoms with Gasteiger partial charge >= 0.3 is 0 Å². The topological polar surface area (TPSA) is 20.2 Å². The number of aromatic hydroxyl groups is 1. The van der Waals surface area contributed by atoms with Gasteiger partial charge in [-0.2, -0.15) is 0 Å². The standard InChI is InChI=1S/C14H10O/c15-12-7-8-14-11(9-12)6-5-10-3-1-2-4-13(10)14/h1-9,15H/i1D,2D,3D,4D,5D,6D,7D,8D,9D. The summed E-state index contributed by atoms with van der Waals surface area (Å²) >= 11 is 0. The van der Waals surface area contributed by atoms with E-state index in [1.165, 1.54) is 0 Å². The number of hydrogen-bond acceptors (Lipinski definition) is 1. The molecule has 1 nitrogen and oxygen atoms in total. The van der Waals surface area contributed by atoms with Crippen molar-refractivity contribution in [3.8, 4) is 5.75 Å². The summed E-state index contributed by atoms with van der Waals surface area (Å²) in [5, 5.41) is 8.89. The first-order valence-electron chi connectivity index (χ1n) is 8.72. The van der Waals surface area contributed by atoms with Crippen LogP contribution in [0.25, 0.3) is 21.5 Å². The van der Waals surface area contributed by atoms with Crippen LogP contribution in [0.5, 0.6) is 5.75 Å². The lowest BCUT2D eigenvalue weighted by Gasteiger charge is -2.03. The molecular weight excluding hydrogens is 184 g/mol. The van der Waals surface area contributed by atoms with Crippen LogP contribution in [0.3, 0.4) is 0 Å². The lowest BCUT2D eigenvalue weighted by molar-refractivity contribution is 0.476. The summed E-state index contributed by atoms with van der Waals surface area (Å²) in [6.45, 7) is 0. The third-order valence-corrected chi connectivity index (χ3v) is 2.05. The molecule has 0 aromatic heterocycles. The SMILES string of the molecule is [2H]c1c([2H])c([2H])c2c(c1[2H])c([2H])c([2H])c1c([2H])c(O)c([2H])c([2H])c12. The second kappa shape index (κ2) is 2.99. The fourth-order valence-corrected chi connectivity index (χ4v) is 1.40. The fraction of sp³-hybridized carbons (Fsp3) is 0. The summed E-state index contributed by atoms with van der Waals surface area (Å²) in [5.41, 5.74) is 0. The molecule has 0 aliphatic rings. The molecule has 0 aliphatic heterocycles. The highest BCUT2D eigenvalue weighted by molar-refractivity contribution is 6.07. The van der Waals surface area contributed by atoms with E-state index in [4.69, 9.17) is 12.3 Å². The van der Waals surface area contributed by atoms with Crippen LogP contribution >= 0.6 is 0 Å². The molecule has 0 bridgehead atoms. The lowest BCUT2D eigenvalue weighted by Crippen LogP contribution is -1.76. The van der Waals surface area contributed by atoms with E-state index in [1.54, 1.807) is 0 Å². The molecule has 0 unspecified atom stereocenters. The average molecular weight is 203 g/mol. The summed E-state index contributed by atoms with van der Waals surface area (Å²) in [6, 6.07) is -5.05. The van der Waals surface area contributed by atoms with Gasteiger partial charge in [0.15, 0.2) is 0 Å². The Morgan fingerprint density at radius 1 is 0.800 bits per heavy atom. The number of hydrogen-bond donors (Lipinski definition) is 1. The number of phenols is 1. The molecule has 0 amide bonds. The van der Waals surface area contributed by atoms with Gasteiger partial charge in [-0.3, -0.25) is 0 Å². The van der Waals surface area contributed by atoms with Crippen LogP contribution in [-0.4, -0.2) is 5.11 Å². The van der Waals surface area contributed by atoms with Crippen molar-refractivity contribution < 1.29 is 17.4 Å². The molecule has 1 heteroatoms. The maximum atomic E-state index is 9.80. The molecule has 3 rings (SSSR count). The van der Waals surface area contributed by atoms with Crippen molar-refractivity contribution in [3.05, 3.63) is 54.4 Å². The Morgan fingerprint density at radius 3 is 2.47 bits per heavy atom. The first-order valence-corrected chi connectivity index (χ1v) is 4.22. The predicted octanol–water partition coefficient (Wildman–Crippen LogP) is 3.70. The quantitative estimate of drug-likeness (QED) is 0.552. The smallest absolute Gasteiger partial charge is 0.116 e. The second-order valence-corrected chi connectivity index (χ2v) is 2.97. The van der Waals surface area contributed by atoms with Gasteiger partial charge < -0.3 is 5.11 Å². The molecule has 3 aromatic rings. The Balaban J connectivity index is 2.87. The molecular formula is C14H10O. The zero-order chi connectivity index (χ0) is 18.1. The number of phenolic OH excluding ortho intramolecular Hbond substituents is 1. The average Bonchev–Trinajstić information content (AvgIpc) is 2.56. The third kappa shape index (κ3) is 1.24. The molecule has 3 aromatic carbocycles. The van der Waals surface area contributed by atoms with Crippen molar-refractivity contribution in [1.29, 1.82) is 0 Å². The highest BCUT2D eigenvalue weighted by Crippen LogP contribution is 2.27. The van der Waals surface area contributed by atoms with E-state index in [0.717, 1.165) is 0 Å². The van der Waals surface area contributed by atoms with Crippen LogP contribution in [0.4, 0.5) is 0 Å². The van der Waals surface area contributed by atoms with Crippen molar-refractivity contribution in [1.82, 2.24) is 0 Å². The molecule has 0 atom stereocenters. The Morgan fingerprint density at radius 2 is 1.53 bits per heavy atom. The Hall–Kier alpha value is -2.02. The van der Waals surface area contributed by atoms with Gasteiger partial charge in [0, 0.05) is 0 Å². The van der Waals surface area contributed by atoms with Crippen LogP contribution in [0.1, 0.15) is 12.3 Å². The minimum Gasteiger partial charge on any atom is -0.508 e. The van der Waals surface area contributed by atoms with E-state index in [-0.39, 0.29) is 21.5 Å². The normalized spacial score (nSPS) is 19.3. The molecule has 72 valence electrons. The Bertz CT molecular complexity index is 974. The molecule has 0 heterocycles. The van der Waals surface area contributed by atoms with Gasteiger partial charge in [0.25, 0.3) is 0 Å². The van der Waals surface area contributed by atoms with Crippen LogP contribution < -0.4 is 0 Å². The van der Waals surface area contributed by atoms with E-state index >= 15 is 0 Å². The van der Waals surface area contributed by atoms with Crippen LogP contribution in [0.2, 0.25) is 0 Å².